The van der Waals surface area contributed by atoms with E-state index >= 15 is 0 Å². The molecule has 3 N–H and O–H groups in total. The Morgan fingerprint density at radius 2 is 2.39 bits per heavy atom. The van der Waals surface area contributed by atoms with Crippen LogP contribution in [0.2, 0.25) is 0 Å². The van der Waals surface area contributed by atoms with Gasteiger partial charge < -0.3 is 19.8 Å². The molecule has 1 amide bonds. The molecule has 3 aromatic rings. The number of hydrogen-bond acceptors (Lipinski definition) is 3. The standard InChI is InChI=1S/C12H11N3O3/c16-12(17)13-4-3-7-5-14-8-1-2-9-11(10(7)8)15-6-18-9/h1-2,5-6,13-14H,3-4H2,(H,16,17). The highest BCUT2D eigenvalue weighted by Crippen LogP contribution is 2.27. The zero-order valence-corrected chi connectivity index (χ0v) is 9.43. The number of hydrogen-bond donors (Lipinski definition) is 3. The summed E-state index contributed by atoms with van der Waals surface area (Å²) in [6.45, 7) is 0.372. The second-order valence-electron chi connectivity index (χ2n) is 3.98. The number of nitrogens with one attached hydrogen (secondary N) is 2. The van der Waals surface area contributed by atoms with E-state index in [1.165, 1.54) is 6.39 Å². The molecule has 0 saturated carbocycles. The fourth-order valence-corrected chi connectivity index (χ4v) is 2.11. The van der Waals surface area contributed by atoms with Gasteiger partial charge in [0.25, 0.3) is 0 Å². The Balaban J connectivity index is 2.01. The van der Waals surface area contributed by atoms with E-state index < -0.39 is 6.09 Å². The van der Waals surface area contributed by atoms with Crippen molar-refractivity contribution >= 4 is 28.1 Å². The smallest absolute Gasteiger partial charge is 0.404 e. The lowest BCUT2D eigenvalue weighted by molar-refractivity contribution is 0.194. The highest BCUT2D eigenvalue weighted by atomic mass is 16.4. The largest absolute Gasteiger partial charge is 0.465 e. The lowest BCUT2D eigenvalue weighted by Gasteiger charge is -2.00. The minimum Gasteiger partial charge on any atom is -0.465 e. The molecule has 0 aliphatic heterocycles. The first-order valence-electron chi connectivity index (χ1n) is 5.54. The number of aromatic nitrogens is 2. The van der Waals surface area contributed by atoms with Crippen LogP contribution in [0.5, 0.6) is 0 Å². The number of H-pyrrole nitrogens is 1. The normalized spacial score (nSPS) is 11.1. The van der Waals surface area contributed by atoms with Crippen molar-refractivity contribution < 1.29 is 14.3 Å². The van der Waals surface area contributed by atoms with Crippen LogP contribution in [0.4, 0.5) is 4.79 Å². The highest BCUT2D eigenvalue weighted by molar-refractivity contribution is 6.04. The van der Waals surface area contributed by atoms with Gasteiger partial charge in [0.05, 0.1) is 0 Å². The summed E-state index contributed by atoms with van der Waals surface area (Å²) in [6.07, 6.45) is 2.89. The Morgan fingerprint density at radius 1 is 1.50 bits per heavy atom. The van der Waals surface area contributed by atoms with Crippen molar-refractivity contribution in [1.29, 1.82) is 0 Å². The second-order valence-corrected chi connectivity index (χ2v) is 3.98. The quantitative estimate of drug-likeness (QED) is 0.659. The molecular weight excluding hydrogens is 234 g/mol. The Labute approximate surface area is 102 Å². The van der Waals surface area contributed by atoms with Crippen LogP contribution >= 0.6 is 0 Å². The summed E-state index contributed by atoms with van der Waals surface area (Å²) >= 11 is 0. The molecule has 0 atom stereocenters. The van der Waals surface area contributed by atoms with E-state index in [-0.39, 0.29) is 0 Å². The molecule has 2 heterocycles. The van der Waals surface area contributed by atoms with Gasteiger partial charge in [-0.05, 0) is 24.1 Å². The molecule has 3 rings (SSSR count). The van der Waals surface area contributed by atoms with Crippen molar-refractivity contribution in [3.63, 3.8) is 0 Å². The van der Waals surface area contributed by atoms with Gasteiger partial charge in [0.1, 0.15) is 5.52 Å². The van der Waals surface area contributed by atoms with Crippen LogP contribution in [-0.2, 0) is 6.42 Å². The summed E-state index contributed by atoms with van der Waals surface area (Å²) in [7, 11) is 0. The average molecular weight is 245 g/mol. The first kappa shape index (κ1) is 10.6. The predicted molar refractivity (Wildman–Crippen MR) is 65.6 cm³/mol. The van der Waals surface area contributed by atoms with Crippen molar-refractivity contribution in [2.24, 2.45) is 0 Å². The maximum Gasteiger partial charge on any atom is 0.404 e. The van der Waals surface area contributed by atoms with Gasteiger partial charge in [0.15, 0.2) is 12.0 Å². The zero-order chi connectivity index (χ0) is 12.5. The van der Waals surface area contributed by atoms with E-state index in [0.717, 1.165) is 27.6 Å². The topological polar surface area (TPSA) is 91.2 Å². The van der Waals surface area contributed by atoms with Crippen molar-refractivity contribution in [3.05, 3.63) is 30.3 Å². The van der Waals surface area contributed by atoms with Crippen LogP contribution in [-0.4, -0.2) is 27.7 Å². The third-order valence-electron chi connectivity index (χ3n) is 2.90. The first-order chi connectivity index (χ1) is 8.75. The zero-order valence-electron chi connectivity index (χ0n) is 9.43. The third kappa shape index (κ3) is 1.67. The predicted octanol–water partition coefficient (Wildman–Crippen LogP) is 2.12. The number of aromatic amines is 1. The van der Waals surface area contributed by atoms with E-state index in [1.807, 2.05) is 18.3 Å². The van der Waals surface area contributed by atoms with Crippen LogP contribution in [0.25, 0.3) is 22.0 Å². The van der Waals surface area contributed by atoms with Crippen LogP contribution < -0.4 is 5.32 Å². The molecule has 18 heavy (non-hydrogen) atoms. The van der Waals surface area contributed by atoms with Gasteiger partial charge in [-0.1, -0.05) is 0 Å². The summed E-state index contributed by atoms with van der Waals surface area (Å²) in [5.41, 5.74) is 3.54. The summed E-state index contributed by atoms with van der Waals surface area (Å²) in [6, 6.07) is 3.79. The van der Waals surface area contributed by atoms with E-state index in [2.05, 4.69) is 15.3 Å². The average Bonchev–Trinajstić information content (AvgIpc) is 2.93. The fourth-order valence-electron chi connectivity index (χ4n) is 2.11. The molecule has 2 aromatic heterocycles. The van der Waals surface area contributed by atoms with Crippen LogP contribution in [0, 0.1) is 0 Å². The molecule has 1 aromatic carbocycles. The molecule has 6 heteroatoms. The maximum atomic E-state index is 10.4. The maximum absolute atomic E-state index is 10.4. The number of oxazole rings is 1. The van der Waals surface area contributed by atoms with Crippen molar-refractivity contribution in [2.75, 3.05) is 6.54 Å². The molecule has 0 radical (unpaired) electrons. The molecule has 0 aliphatic rings. The van der Waals surface area contributed by atoms with E-state index in [0.29, 0.717) is 13.0 Å². The molecule has 0 fully saturated rings. The van der Waals surface area contributed by atoms with Crippen LogP contribution in [0.3, 0.4) is 0 Å². The summed E-state index contributed by atoms with van der Waals surface area (Å²) < 4.78 is 5.26. The fraction of sp³-hybridized carbons (Fsp3) is 0.167. The first-order valence-corrected chi connectivity index (χ1v) is 5.54. The highest BCUT2D eigenvalue weighted by Gasteiger charge is 2.10. The SMILES string of the molecule is O=C(O)NCCc1c[nH]c2ccc3ocnc3c12. The molecule has 0 unspecified atom stereocenters. The van der Waals surface area contributed by atoms with Gasteiger partial charge in [0, 0.05) is 23.6 Å². The second kappa shape index (κ2) is 4.06. The lowest BCUT2D eigenvalue weighted by Crippen LogP contribution is -2.23. The Kier molecular flexibility index (Phi) is 2.40. The van der Waals surface area contributed by atoms with E-state index in [4.69, 9.17) is 9.52 Å². The Morgan fingerprint density at radius 3 is 3.22 bits per heavy atom. The van der Waals surface area contributed by atoms with Gasteiger partial charge in [-0.15, -0.1) is 0 Å². The van der Waals surface area contributed by atoms with E-state index in [1.54, 1.807) is 0 Å². The molecular formula is C12H11N3O3. The summed E-state index contributed by atoms with van der Waals surface area (Å²) in [5.74, 6) is 0. The third-order valence-corrected chi connectivity index (χ3v) is 2.90. The number of fused-ring (bicyclic) bond motifs is 3. The Hall–Kier alpha value is -2.50. The van der Waals surface area contributed by atoms with Crippen molar-refractivity contribution in [1.82, 2.24) is 15.3 Å². The van der Waals surface area contributed by atoms with Gasteiger partial charge in [-0.3, -0.25) is 0 Å². The minimum atomic E-state index is -1.01. The van der Waals surface area contributed by atoms with Gasteiger partial charge in [0.2, 0.25) is 0 Å². The molecule has 0 aliphatic carbocycles. The Bertz CT molecular complexity index is 714. The lowest BCUT2D eigenvalue weighted by atomic mass is 10.1. The molecule has 0 bridgehead atoms. The monoisotopic (exact) mass is 245 g/mol. The number of carbonyl (C=O) groups is 1. The summed E-state index contributed by atoms with van der Waals surface area (Å²) in [4.78, 5) is 17.8. The molecule has 0 spiro atoms. The number of nitrogens with zero attached hydrogens (tertiary/aromatic N) is 1. The van der Waals surface area contributed by atoms with Crippen molar-refractivity contribution in [3.8, 4) is 0 Å². The van der Waals surface area contributed by atoms with Gasteiger partial charge in [-0.2, -0.15) is 0 Å². The summed E-state index contributed by atoms with van der Waals surface area (Å²) in [5, 5.41) is 11.9. The number of benzene rings is 1. The van der Waals surface area contributed by atoms with Crippen molar-refractivity contribution in [2.45, 2.75) is 6.42 Å². The number of carboxylic acid groups (broad SMARTS) is 1. The molecule has 0 saturated heterocycles. The number of rotatable bonds is 3. The van der Waals surface area contributed by atoms with Crippen LogP contribution in [0.1, 0.15) is 5.56 Å². The number of amides is 1. The molecule has 92 valence electrons. The minimum absolute atomic E-state index is 0.372. The van der Waals surface area contributed by atoms with Crippen LogP contribution in [0.15, 0.2) is 29.1 Å². The van der Waals surface area contributed by atoms with Gasteiger partial charge in [-0.25, -0.2) is 9.78 Å². The molecule has 6 nitrogen and oxygen atoms in total. The van der Waals surface area contributed by atoms with E-state index in [9.17, 15) is 4.79 Å². The van der Waals surface area contributed by atoms with Gasteiger partial charge >= 0.3 is 6.09 Å².